The molecule has 36 heavy (non-hydrogen) atoms. The average molecular weight is 487 g/mol. The molecule has 2 aromatic rings. The van der Waals surface area contributed by atoms with Crippen LogP contribution in [-0.4, -0.2) is 59.5 Å². The Labute approximate surface area is 215 Å². The van der Waals surface area contributed by atoms with Gasteiger partial charge in [0.05, 0.1) is 6.54 Å². The normalized spacial score (nSPS) is 16.1. The van der Waals surface area contributed by atoms with Crippen LogP contribution in [0.3, 0.4) is 0 Å². The van der Waals surface area contributed by atoms with Crippen molar-refractivity contribution in [1.82, 2.24) is 9.80 Å². The SMILES string of the molecule is CC(C)(C)OC(=O)N(CC=O)CC(C)(C)N1CCC(=C2c3ccccc3C=Cc3ccccc32)CC1. The van der Waals surface area contributed by atoms with Crippen molar-refractivity contribution in [2.75, 3.05) is 26.2 Å². The summed E-state index contributed by atoms with van der Waals surface area (Å²) in [5, 5.41) is 0. The fourth-order valence-corrected chi connectivity index (χ4v) is 5.26. The first kappa shape index (κ1) is 25.9. The Kier molecular flexibility index (Phi) is 7.51. The molecule has 2 aromatic carbocycles. The van der Waals surface area contributed by atoms with E-state index in [1.165, 1.54) is 38.3 Å². The van der Waals surface area contributed by atoms with Crippen LogP contribution in [0.2, 0.25) is 0 Å². The Morgan fingerprint density at radius 2 is 1.44 bits per heavy atom. The topological polar surface area (TPSA) is 49.9 Å². The Morgan fingerprint density at radius 1 is 0.917 bits per heavy atom. The molecule has 1 fully saturated rings. The van der Waals surface area contributed by atoms with Crippen LogP contribution in [0.25, 0.3) is 17.7 Å². The summed E-state index contributed by atoms with van der Waals surface area (Å²) in [5.74, 6) is 0. The number of hydrogen-bond donors (Lipinski definition) is 0. The molecule has 1 aliphatic carbocycles. The minimum absolute atomic E-state index is 0.0298. The maximum atomic E-state index is 12.7. The second-order valence-corrected chi connectivity index (χ2v) is 11.3. The predicted molar refractivity (Wildman–Crippen MR) is 147 cm³/mol. The van der Waals surface area contributed by atoms with Crippen molar-refractivity contribution >= 4 is 30.1 Å². The minimum Gasteiger partial charge on any atom is -0.444 e. The Morgan fingerprint density at radius 3 is 1.94 bits per heavy atom. The fourth-order valence-electron chi connectivity index (χ4n) is 5.26. The van der Waals surface area contributed by atoms with E-state index in [9.17, 15) is 9.59 Å². The van der Waals surface area contributed by atoms with Crippen molar-refractivity contribution in [2.45, 2.75) is 58.6 Å². The zero-order valence-corrected chi connectivity index (χ0v) is 22.2. The summed E-state index contributed by atoms with van der Waals surface area (Å²) in [6.07, 6.45) is 6.69. The van der Waals surface area contributed by atoms with Gasteiger partial charge in [0.1, 0.15) is 11.9 Å². The summed E-state index contributed by atoms with van der Waals surface area (Å²) in [4.78, 5) is 28.0. The van der Waals surface area contributed by atoms with Gasteiger partial charge in [-0.1, -0.05) is 66.3 Å². The van der Waals surface area contributed by atoms with E-state index < -0.39 is 11.7 Å². The van der Waals surface area contributed by atoms with E-state index >= 15 is 0 Å². The molecule has 190 valence electrons. The third-order valence-electron chi connectivity index (χ3n) is 7.00. The van der Waals surface area contributed by atoms with Crippen LogP contribution in [0.4, 0.5) is 4.79 Å². The third-order valence-corrected chi connectivity index (χ3v) is 7.00. The van der Waals surface area contributed by atoms with Crippen LogP contribution < -0.4 is 0 Å². The summed E-state index contributed by atoms with van der Waals surface area (Å²) in [5.41, 5.74) is 7.03. The van der Waals surface area contributed by atoms with Crippen LogP contribution in [-0.2, 0) is 9.53 Å². The second-order valence-electron chi connectivity index (χ2n) is 11.3. The van der Waals surface area contributed by atoms with Crippen LogP contribution >= 0.6 is 0 Å². The van der Waals surface area contributed by atoms with E-state index in [2.05, 4.69) is 79.4 Å². The van der Waals surface area contributed by atoms with Crippen LogP contribution in [0.5, 0.6) is 0 Å². The summed E-state index contributed by atoms with van der Waals surface area (Å²) < 4.78 is 5.56. The molecule has 0 aromatic heterocycles. The molecule has 0 spiro atoms. The van der Waals surface area contributed by atoms with Gasteiger partial charge in [-0.05, 0) is 75.3 Å². The first-order valence-electron chi connectivity index (χ1n) is 12.8. The third kappa shape index (κ3) is 5.79. The minimum atomic E-state index is -0.602. The molecule has 1 saturated heterocycles. The fraction of sp³-hybridized carbons (Fsp3) is 0.419. The van der Waals surface area contributed by atoms with Crippen LogP contribution in [0.15, 0.2) is 54.1 Å². The molecule has 0 unspecified atom stereocenters. The van der Waals surface area contributed by atoms with Gasteiger partial charge in [0, 0.05) is 25.2 Å². The zero-order valence-electron chi connectivity index (χ0n) is 22.2. The van der Waals surface area contributed by atoms with E-state index in [1.807, 2.05) is 20.8 Å². The van der Waals surface area contributed by atoms with Gasteiger partial charge in [0.2, 0.25) is 0 Å². The first-order chi connectivity index (χ1) is 17.1. The molecule has 0 radical (unpaired) electrons. The number of rotatable bonds is 5. The molecule has 1 heterocycles. The molecule has 4 rings (SSSR count). The van der Waals surface area contributed by atoms with Gasteiger partial charge in [-0.2, -0.15) is 0 Å². The van der Waals surface area contributed by atoms with Crippen molar-refractivity contribution < 1.29 is 14.3 Å². The number of benzene rings is 2. The number of hydrogen-bond acceptors (Lipinski definition) is 4. The number of carbonyl (C=O) groups is 2. The van der Waals surface area contributed by atoms with E-state index in [0.29, 0.717) is 6.54 Å². The highest BCUT2D eigenvalue weighted by molar-refractivity contribution is 5.94. The molecule has 0 N–H and O–H groups in total. The lowest BCUT2D eigenvalue weighted by molar-refractivity contribution is -0.109. The smallest absolute Gasteiger partial charge is 0.410 e. The van der Waals surface area contributed by atoms with Gasteiger partial charge in [-0.15, -0.1) is 0 Å². The van der Waals surface area contributed by atoms with Gasteiger partial charge in [0.15, 0.2) is 0 Å². The number of ether oxygens (including phenoxy) is 1. The molecule has 0 saturated carbocycles. The zero-order chi connectivity index (χ0) is 25.9. The van der Waals surface area contributed by atoms with E-state index in [0.717, 1.165) is 32.2 Å². The summed E-state index contributed by atoms with van der Waals surface area (Å²) >= 11 is 0. The number of carbonyl (C=O) groups excluding carboxylic acids is 2. The molecule has 2 aliphatic rings. The lowest BCUT2D eigenvalue weighted by Gasteiger charge is -2.44. The molecule has 1 amide bonds. The first-order valence-corrected chi connectivity index (χ1v) is 12.8. The van der Waals surface area contributed by atoms with E-state index in [1.54, 1.807) is 0 Å². The van der Waals surface area contributed by atoms with Crippen molar-refractivity contribution in [3.63, 3.8) is 0 Å². The average Bonchev–Trinajstić information content (AvgIpc) is 3.00. The molecule has 1 aliphatic heterocycles. The van der Waals surface area contributed by atoms with Gasteiger partial charge in [-0.3, -0.25) is 9.80 Å². The number of fused-ring (bicyclic) bond motifs is 2. The lowest BCUT2D eigenvalue weighted by Crippen LogP contribution is -2.55. The number of piperidine rings is 1. The largest absolute Gasteiger partial charge is 0.444 e. The van der Waals surface area contributed by atoms with Crippen LogP contribution in [0, 0.1) is 0 Å². The highest BCUT2D eigenvalue weighted by Crippen LogP contribution is 2.39. The lowest BCUT2D eigenvalue weighted by atomic mass is 9.85. The standard InChI is InChI=1S/C31H38N2O3/c1-30(2,3)36-29(35)32(20-21-34)22-31(4,5)33-18-16-25(17-19-33)28-26-12-8-6-10-23(26)14-15-24-11-7-9-13-27(24)28/h6-15,21H,16-20,22H2,1-5H3. The number of amides is 1. The van der Waals surface area contributed by atoms with E-state index in [-0.39, 0.29) is 12.1 Å². The Hall–Kier alpha value is -3.18. The van der Waals surface area contributed by atoms with Gasteiger partial charge < -0.3 is 9.53 Å². The predicted octanol–water partition coefficient (Wildman–Crippen LogP) is 6.28. The maximum absolute atomic E-state index is 12.7. The summed E-state index contributed by atoms with van der Waals surface area (Å²) in [6, 6.07) is 17.3. The second kappa shape index (κ2) is 10.4. The Bertz CT molecular complexity index is 1120. The maximum Gasteiger partial charge on any atom is 0.410 e. The number of aldehydes is 1. The van der Waals surface area contributed by atoms with Gasteiger partial charge in [0.25, 0.3) is 0 Å². The van der Waals surface area contributed by atoms with Crippen LogP contribution in [0.1, 0.15) is 69.7 Å². The van der Waals surface area contributed by atoms with E-state index in [4.69, 9.17) is 4.74 Å². The highest BCUT2D eigenvalue weighted by atomic mass is 16.6. The number of nitrogens with zero attached hydrogens (tertiary/aromatic N) is 2. The monoisotopic (exact) mass is 486 g/mol. The Balaban J connectivity index is 1.56. The van der Waals surface area contributed by atoms with Crippen molar-refractivity contribution in [1.29, 1.82) is 0 Å². The molecular formula is C31H38N2O3. The van der Waals surface area contributed by atoms with Crippen molar-refractivity contribution in [3.8, 4) is 0 Å². The summed E-state index contributed by atoms with van der Waals surface area (Å²) in [6.45, 7) is 12.1. The molecule has 0 atom stereocenters. The quantitative estimate of drug-likeness (QED) is 0.398. The number of likely N-dealkylation sites (tertiary alicyclic amines) is 1. The van der Waals surface area contributed by atoms with Crippen molar-refractivity contribution in [2.24, 2.45) is 0 Å². The molecule has 5 nitrogen and oxygen atoms in total. The highest BCUT2D eigenvalue weighted by Gasteiger charge is 2.34. The van der Waals surface area contributed by atoms with Crippen molar-refractivity contribution in [3.05, 3.63) is 76.4 Å². The van der Waals surface area contributed by atoms with Gasteiger partial charge >= 0.3 is 6.09 Å². The molecule has 0 bridgehead atoms. The molecule has 5 heteroatoms. The summed E-state index contributed by atoms with van der Waals surface area (Å²) in [7, 11) is 0. The van der Waals surface area contributed by atoms with Gasteiger partial charge in [-0.25, -0.2) is 4.79 Å². The molecular weight excluding hydrogens is 448 g/mol.